The molecule has 1 aromatic heterocycles. The lowest BCUT2D eigenvalue weighted by atomic mass is 10.1. The Bertz CT molecular complexity index is 350. The lowest BCUT2D eigenvalue weighted by Gasteiger charge is -2.07. The van der Waals surface area contributed by atoms with E-state index in [1.165, 1.54) is 13.3 Å². The fourth-order valence-corrected chi connectivity index (χ4v) is 1.13. The number of ether oxygens (including phenoxy) is 2. The van der Waals surface area contributed by atoms with Crippen LogP contribution < -0.4 is 4.74 Å². The van der Waals surface area contributed by atoms with Crippen molar-refractivity contribution in [1.29, 1.82) is 0 Å². The Hall–Kier alpha value is -1.58. The van der Waals surface area contributed by atoms with E-state index >= 15 is 0 Å². The summed E-state index contributed by atoms with van der Waals surface area (Å²) >= 11 is 0. The average molecular weight is 223 g/mol. The molecule has 0 aliphatic heterocycles. The van der Waals surface area contributed by atoms with Gasteiger partial charge in [0.2, 0.25) is 5.88 Å². The van der Waals surface area contributed by atoms with Crippen LogP contribution in [0.25, 0.3) is 0 Å². The van der Waals surface area contributed by atoms with Crippen LogP contribution in [0.2, 0.25) is 0 Å². The van der Waals surface area contributed by atoms with Gasteiger partial charge >= 0.3 is 5.97 Å². The fraction of sp³-hybridized carbons (Fsp3) is 0.500. The highest BCUT2D eigenvalue weighted by atomic mass is 16.5. The van der Waals surface area contributed by atoms with Gasteiger partial charge in [0.25, 0.3) is 0 Å². The second kappa shape index (κ2) is 6.10. The zero-order chi connectivity index (χ0) is 12.0. The van der Waals surface area contributed by atoms with Crippen molar-refractivity contribution < 1.29 is 14.3 Å². The molecular formula is C12H17NO3. The molecule has 1 aromatic rings. The Morgan fingerprint density at radius 1 is 1.50 bits per heavy atom. The first kappa shape index (κ1) is 12.5. The van der Waals surface area contributed by atoms with Crippen molar-refractivity contribution in [3.63, 3.8) is 0 Å². The minimum atomic E-state index is -0.379. The number of pyridine rings is 1. The van der Waals surface area contributed by atoms with Crippen molar-refractivity contribution in [3.05, 3.63) is 23.9 Å². The van der Waals surface area contributed by atoms with Gasteiger partial charge in [0.05, 0.1) is 19.3 Å². The van der Waals surface area contributed by atoms with Gasteiger partial charge in [0.1, 0.15) is 0 Å². The van der Waals surface area contributed by atoms with Crippen LogP contribution in [0.1, 0.15) is 30.6 Å². The van der Waals surface area contributed by atoms with Crippen LogP contribution in [0, 0.1) is 5.92 Å². The maximum atomic E-state index is 11.2. The number of carbonyl (C=O) groups is 1. The highest BCUT2D eigenvalue weighted by Crippen LogP contribution is 2.11. The third-order valence-electron chi connectivity index (χ3n) is 2.10. The van der Waals surface area contributed by atoms with E-state index in [0.717, 1.165) is 6.42 Å². The van der Waals surface area contributed by atoms with Gasteiger partial charge in [-0.15, -0.1) is 0 Å². The number of rotatable bonds is 5. The summed E-state index contributed by atoms with van der Waals surface area (Å²) in [5, 5.41) is 0. The van der Waals surface area contributed by atoms with E-state index in [1.807, 2.05) is 0 Å². The van der Waals surface area contributed by atoms with Crippen LogP contribution in [-0.4, -0.2) is 24.7 Å². The Balaban J connectivity index is 2.57. The molecule has 0 amide bonds. The average Bonchev–Trinajstić information content (AvgIpc) is 2.28. The molecule has 0 radical (unpaired) electrons. The van der Waals surface area contributed by atoms with Gasteiger partial charge < -0.3 is 9.47 Å². The molecule has 0 aromatic carbocycles. The molecule has 0 saturated carbocycles. The minimum absolute atomic E-state index is 0.379. The second-order valence-corrected chi connectivity index (χ2v) is 3.91. The summed E-state index contributed by atoms with van der Waals surface area (Å²) in [5.74, 6) is 0.670. The van der Waals surface area contributed by atoms with Gasteiger partial charge in [-0.25, -0.2) is 9.78 Å². The molecule has 0 aliphatic carbocycles. The maximum absolute atomic E-state index is 11.2. The van der Waals surface area contributed by atoms with Crippen molar-refractivity contribution in [3.8, 4) is 5.88 Å². The summed E-state index contributed by atoms with van der Waals surface area (Å²) in [4.78, 5) is 15.3. The predicted octanol–water partition coefficient (Wildman–Crippen LogP) is 2.29. The van der Waals surface area contributed by atoms with Gasteiger partial charge in [-0.05, 0) is 18.4 Å². The van der Waals surface area contributed by atoms with Crippen molar-refractivity contribution in [2.45, 2.75) is 20.3 Å². The van der Waals surface area contributed by atoms with Crippen molar-refractivity contribution in [1.82, 2.24) is 4.98 Å². The molecule has 0 aliphatic rings. The van der Waals surface area contributed by atoms with Crippen LogP contribution in [0.4, 0.5) is 0 Å². The van der Waals surface area contributed by atoms with Crippen molar-refractivity contribution in [2.75, 3.05) is 13.7 Å². The molecule has 88 valence electrons. The second-order valence-electron chi connectivity index (χ2n) is 3.91. The van der Waals surface area contributed by atoms with E-state index in [2.05, 4.69) is 23.6 Å². The Morgan fingerprint density at radius 2 is 2.25 bits per heavy atom. The van der Waals surface area contributed by atoms with Crippen LogP contribution in [0.15, 0.2) is 18.3 Å². The van der Waals surface area contributed by atoms with E-state index in [1.54, 1.807) is 12.1 Å². The molecule has 0 N–H and O–H groups in total. The lowest BCUT2D eigenvalue weighted by Crippen LogP contribution is -2.05. The third kappa shape index (κ3) is 3.88. The molecule has 1 heterocycles. The zero-order valence-electron chi connectivity index (χ0n) is 9.90. The Kier molecular flexibility index (Phi) is 4.76. The van der Waals surface area contributed by atoms with Crippen LogP contribution in [-0.2, 0) is 4.74 Å². The Labute approximate surface area is 95.6 Å². The van der Waals surface area contributed by atoms with Crippen molar-refractivity contribution in [2.24, 2.45) is 5.92 Å². The van der Waals surface area contributed by atoms with E-state index in [0.29, 0.717) is 24.0 Å². The topological polar surface area (TPSA) is 48.4 Å². The number of carbonyl (C=O) groups excluding carboxylic acids is 1. The Morgan fingerprint density at radius 3 is 2.88 bits per heavy atom. The number of methoxy groups -OCH3 is 1. The first-order valence-electron chi connectivity index (χ1n) is 5.30. The summed E-state index contributed by atoms with van der Waals surface area (Å²) in [7, 11) is 1.35. The van der Waals surface area contributed by atoms with Gasteiger partial charge in [0, 0.05) is 12.3 Å². The smallest absolute Gasteiger partial charge is 0.338 e. The monoisotopic (exact) mass is 223 g/mol. The van der Waals surface area contributed by atoms with Crippen molar-refractivity contribution >= 4 is 5.97 Å². The molecule has 0 bridgehead atoms. The normalized spacial score (nSPS) is 10.2. The summed E-state index contributed by atoms with van der Waals surface area (Å²) < 4.78 is 10.0. The molecule has 1 rings (SSSR count). The van der Waals surface area contributed by atoms with E-state index in [-0.39, 0.29) is 5.97 Å². The molecule has 0 atom stereocenters. The number of aromatic nitrogens is 1. The molecule has 0 fully saturated rings. The van der Waals surface area contributed by atoms with E-state index in [4.69, 9.17) is 4.74 Å². The molecule has 4 heteroatoms. The van der Waals surface area contributed by atoms with Gasteiger partial charge in [-0.2, -0.15) is 0 Å². The lowest BCUT2D eigenvalue weighted by molar-refractivity contribution is 0.0600. The summed E-state index contributed by atoms with van der Waals surface area (Å²) in [5.41, 5.74) is 0.456. The molecule has 16 heavy (non-hydrogen) atoms. The largest absolute Gasteiger partial charge is 0.478 e. The van der Waals surface area contributed by atoms with Crippen LogP contribution in [0.3, 0.4) is 0 Å². The molecule has 0 spiro atoms. The number of hydrogen-bond acceptors (Lipinski definition) is 4. The first-order valence-corrected chi connectivity index (χ1v) is 5.30. The number of nitrogens with zero attached hydrogens (tertiary/aromatic N) is 1. The quantitative estimate of drug-likeness (QED) is 0.718. The predicted molar refractivity (Wildman–Crippen MR) is 60.5 cm³/mol. The molecular weight excluding hydrogens is 206 g/mol. The maximum Gasteiger partial charge on any atom is 0.338 e. The van der Waals surface area contributed by atoms with Crippen LogP contribution >= 0.6 is 0 Å². The summed E-state index contributed by atoms with van der Waals surface area (Å²) in [6.07, 6.45) is 2.50. The summed E-state index contributed by atoms with van der Waals surface area (Å²) in [6.45, 7) is 4.86. The SMILES string of the molecule is COC(=O)c1ccnc(OCCC(C)C)c1. The van der Waals surface area contributed by atoms with Gasteiger partial charge in [-0.3, -0.25) is 0 Å². The highest BCUT2D eigenvalue weighted by Gasteiger charge is 2.07. The van der Waals surface area contributed by atoms with Gasteiger partial charge in [0.15, 0.2) is 0 Å². The fourth-order valence-electron chi connectivity index (χ4n) is 1.13. The highest BCUT2D eigenvalue weighted by molar-refractivity contribution is 5.89. The number of hydrogen-bond donors (Lipinski definition) is 0. The van der Waals surface area contributed by atoms with Gasteiger partial charge in [-0.1, -0.05) is 13.8 Å². The summed E-state index contributed by atoms with van der Waals surface area (Å²) in [6, 6.07) is 3.19. The van der Waals surface area contributed by atoms with Crippen LogP contribution in [0.5, 0.6) is 5.88 Å². The molecule has 0 saturated heterocycles. The van der Waals surface area contributed by atoms with E-state index < -0.39 is 0 Å². The number of esters is 1. The first-order chi connectivity index (χ1) is 7.63. The zero-order valence-corrected chi connectivity index (χ0v) is 9.90. The molecule has 4 nitrogen and oxygen atoms in total. The third-order valence-corrected chi connectivity index (χ3v) is 2.10. The van der Waals surface area contributed by atoms with E-state index in [9.17, 15) is 4.79 Å². The molecule has 0 unspecified atom stereocenters. The standard InChI is InChI=1S/C12H17NO3/c1-9(2)5-7-16-11-8-10(4-6-13-11)12(14)15-3/h4,6,8-9H,5,7H2,1-3H3. The minimum Gasteiger partial charge on any atom is -0.478 e.